The van der Waals surface area contributed by atoms with Crippen molar-refractivity contribution in [1.82, 2.24) is 16.0 Å². The van der Waals surface area contributed by atoms with E-state index in [1.807, 2.05) is 36.6 Å². The van der Waals surface area contributed by atoms with Crippen LogP contribution in [0.1, 0.15) is 18.9 Å². The van der Waals surface area contributed by atoms with Crippen molar-refractivity contribution in [3.63, 3.8) is 0 Å². The molecule has 1 aromatic rings. The molecule has 9 nitrogen and oxygen atoms in total. The summed E-state index contributed by atoms with van der Waals surface area (Å²) in [6.07, 6.45) is 2.60. The van der Waals surface area contributed by atoms with Crippen molar-refractivity contribution in [2.45, 2.75) is 37.9 Å². The topological polar surface area (TPSA) is 151 Å². The number of nitrogens with two attached hydrogens (primary N) is 1. The van der Waals surface area contributed by atoms with Crippen LogP contribution in [0.2, 0.25) is 0 Å². The molecule has 0 spiro atoms. The fraction of sp³-hybridized carbons (Fsp3) is 0.474. The predicted molar refractivity (Wildman–Crippen MR) is 111 cm³/mol. The second-order valence-electron chi connectivity index (χ2n) is 6.48. The third-order valence-corrected chi connectivity index (χ3v) is 4.70. The van der Waals surface area contributed by atoms with Gasteiger partial charge in [0.05, 0.1) is 6.04 Å². The number of carbonyl (C=O) groups is 4. The van der Waals surface area contributed by atoms with Gasteiger partial charge in [-0.3, -0.25) is 19.2 Å². The van der Waals surface area contributed by atoms with E-state index >= 15 is 0 Å². The van der Waals surface area contributed by atoms with Crippen molar-refractivity contribution in [3.8, 4) is 0 Å². The number of hydrogen-bond donors (Lipinski definition) is 5. The fourth-order valence-electron chi connectivity index (χ4n) is 2.41. The molecule has 0 aliphatic rings. The van der Waals surface area contributed by atoms with E-state index in [1.165, 1.54) is 6.92 Å². The van der Waals surface area contributed by atoms with Gasteiger partial charge >= 0.3 is 5.97 Å². The summed E-state index contributed by atoms with van der Waals surface area (Å²) in [7, 11) is 0. The Morgan fingerprint density at radius 2 is 1.72 bits per heavy atom. The molecule has 0 bridgehead atoms. The van der Waals surface area contributed by atoms with Crippen molar-refractivity contribution in [3.05, 3.63) is 35.9 Å². The first-order chi connectivity index (χ1) is 13.7. The van der Waals surface area contributed by atoms with Crippen molar-refractivity contribution >= 4 is 35.5 Å². The summed E-state index contributed by atoms with van der Waals surface area (Å²) in [5.74, 6) is -2.12. The highest BCUT2D eigenvalue weighted by Crippen LogP contribution is 2.05. The molecule has 0 heterocycles. The molecule has 3 amide bonds. The lowest BCUT2D eigenvalue weighted by Gasteiger charge is -2.22. The minimum absolute atomic E-state index is 0.219. The standard InChI is InChI=1S/C19H28N4O5S/c1-12(17(26)21-11-16(24)25)22-19(28)15(10-13-6-4-3-5-7-13)23-18(27)14(20)8-9-29-2/h3-7,12,14-15H,8-11,20H2,1-2H3,(H,21,26)(H,22,28)(H,23,27)(H,24,25). The SMILES string of the molecule is CSCCC(N)C(=O)NC(Cc1ccccc1)C(=O)NC(C)C(=O)NCC(=O)O. The van der Waals surface area contributed by atoms with E-state index in [0.717, 1.165) is 5.56 Å². The highest BCUT2D eigenvalue weighted by atomic mass is 32.2. The Hall–Kier alpha value is -2.59. The van der Waals surface area contributed by atoms with Crippen molar-refractivity contribution in [2.24, 2.45) is 5.73 Å². The third-order valence-electron chi connectivity index (χ3n) is 4.05. The number of amides is 3. The fourth-order valence-corrected chi connectivity index (χ4v) is 2.90. The van der Waals surface area contributed by atoms with Gasteiger partial charge in [-0.2, -0.15) is 11.8 Å². The van der Waals surface area contributed by atoms with Gasteiger partial charge < -0.3 is 26.8 Å². The molecule has 10 heteroatoms. The molecule has 0 saturated heterocycles. The molecule has 0 saturated carbocycles. The first-order valence-electron chi connectivity index (χ1n) is 9.13. The van der Waals surface area contributed by atoms with Gasteiger partial charge in [0.2, 0.25) is 17.7 Å². The summed E-state index contributed by atoms with van der Waals surface area (Å²) in [5.41, 5.74) is 6.71. The van der Waals surface area contributed by atoms with Crippen molar-refractivity contribution in [1.29, 1.82) is 0 Å². The second-order valence-corrected chi connectivity index (χ2v) is 7.47. The van der Waals surface area contributed by atoms with Crippen LogP contribution in [0.25, 0.3) is 0 Å². The van der Waals surface area contributed by atoms with Crippen LogP contribution in [0.15, 0.2) is 30.3 Å². The normalized spacial score (nSPS) is 13.6. The molecule has 6 N–H and O–H groups in total. The third kappa shape index (κ3) is 9.44. The monoisotopic (exact) mass is 424 g/mol. The summed E-state index contributed by atoms with van der Waals surface area (Å²) in [6, 6.07) is 6.47. The first-order valence-corrected chi connectivity index (χ1v) is 10.5. The second kappa shape index (κ2) is 12.8. The molecular weight excluding hydrogens is 396 g/mol. The summed E-state index contributed by atoms with van der Waals surface area (Å²) in [5, 5.41) is 16.0. The van der Waals surface area contributed by atoms with Gasteiger partial charge in [-0.15, -0.1) is 0 Å². The van der Waals surface area contributed by atoms with Crippen molar-refractivity contribution in [2.75, 3.05) is 18.6 Å². The van der Waals surface area contributed by atoms with E-state index in [2.05, 4.69) is 16.0 Å². The highest BCUT2D eigenvalue weighted by Gasteiger charge is 2.26. The quantitative estimate of drug-likeness (QED) is 0.303. The van der Waals surface area contributed by atoms with Crippen LogP contribution in [0, 0.1) is 0 Å². The van der Waals surface area contributed by atoms with E-state index in [4.69, 9.17) is 10.8 Å². The zero-order valence-electron chi connectivity index (χ0n) is 16.5. The molecule has 0 aromatic heterocycles. The summed E-state index contributed by atoms with van der Waals surface area (Å²) < 4.78 is 0. The molecular formula is C19H28N4O5S. The van der Waals surface area contributed by atoms with Gasteiger partial charge in [0.15, 0.2) is 0 Å². The minimum Gasteiger partial charge on any atom is -0.480 e. The molecule has 29 heavy (non-hydrogen) atoms. The number of aliphatic carboxylic acids is 1. The van der Waals surface area contributed by atoms with Crippen LogP contribution in [-0.4, -0.2) is 65.5 Å². The smallest absolute Gasteiger partial charge is 0.322 e. The molecule has 0 aliphatic heterocycles. The highest BCUT2D eigenvalue weighted by molar-refractivity contribution is 7.98. The molecule has 160 valence electrons. The Kier molecular flexibility index (Phi) is 10.8. The molecule has 3 unspecified atom stereocenters. The molecule has 1 rings (SSSR count). The minimum atomic E-state index is -1.19. The van der Waals surface area contributed by atoms with Gasteiger partial charge in [-0.1, -0.05) is 30.3 Å². The Balaban J connectivity index is 2.80. The summed E-state index contributed by atoms with van der Waals surface area (Å²) in [4.78, 5) is 47.6. The molecule has 0 aliphatic carbocycles. The van der Waals surface area contributed by atoms with Crippen molar-refractivity contribution < 1.29 is 24.3 Å². The number of benzene rings is 1. The van der Waals surface area contributed by atoms with E-state index in [9.17, 15) is 19.2 Å². The number of nitrogens with one attached hydrogen (secondary N) is 3. The van der Waals surface area contributed by atoms with Gasteiger partial charge in [-0.25, -0.2) is 0 Å². The Bertz CT molecular complexity index is 701. The van der Waals surface area contributed by atoms with Crippen LogP contribution in [0.3, 0.4) is 0 Å². The van der Waals surface area contributed by atoms with Crippen LogP contribution in [0.4, 0.5) is 0 Å². The molecule has 3 atom stereocenters. The average molecular weight is 425 g/mol. The maximum absolute atomic E-state index is 12.7. The van der Waals surface area contributed by atoms with E-state index in [0.29, 0.717) is 12.2 Å². The maximum atomic E-state index is 12.7. The van der Waals surface area contributed by atoms with Gasteiger partial charge in [0, 0.05) is 6.42 Å². The van der Waals surface area contributed by atoms with E-state index in [-0.39, 0.29) is 6.42 Å². The predicted octanol–water partition coefficient (Wildman–Crippen LogP) is -0.500. The zero-order chi connectivity index (χ0) is 21.8. The lowest BCUT2D eigenvalue weighted by Crippen LogP contribution is -2.56. The molecule has 0 radical (unpaired) electrons. The summed E-state index contributed by atoms with van der Waals surface area (Å²) in [6.45, 7) is 0.883. The van der Waals surface area contributed by atoms with Crippen LogP contribution in [-0.2, 0) is 25.6 Å². The van der Waals surface area contributed by atoms with Crippen LogP contribution in [0.5, 0.6) is 0 Å². The van der Waals surface area contributed by atoms with E-state index < -0.39 is 48.4 Å². The van der Waals surface area contributed by atoms with Gasteiger partial charge in [0.25, 0.3) is 0 Å². The Morgan fingerprint density at radius 1 is 1.07 bits per heavy atom. The average Bonchev–Trinajstić information content (AvgIpc) is 2.70. The number of carbonyl (C=O) groups excluding carboxylic acids is 3. The lowest BCUT2D eigenvalue weighted by atomic mass is 10.0. The lowest BCUT2D eigenvalue weighted by molar-refractivity contribution is -0.138. The number of carboxylic acid groups (broad SMARTS) is 1. The first kappa shape index (κ1) is 24.4. The van der Waals surface area contributed by atoms with Crippen LogP contribution >= 0.6 is 11.8 Å². The molecule has 1 aromatic carbocycles. The maximum Gasteiger partial charge on any atom is 0.322 e. The number of rotatable bonds is 12. The zero-order valence-corrected chi connectivity index (χ0v) is 17.3. The van der Waals surface area contributed by atoms with Gasteiger partial charge in [-0.05, 0) is 30.9 Å². The Morgan fingerprint density at radius 3 is 2.31 bits per heavy atom. The largest absolute Gasteiger partial charge is 0.480 e. The molecule has 0 fully saturated rings. The number of thioether (sulfide) groups is 1. The number of hydrogen-bond acceptors (Lipinski definition) is 6. The number of carboxylic acids is 1. The Labute approximate surface area is 174 Å². The van der Waals surface area contributed by atoms with E-state index in [1.54, 1.807) is 11.8 Å². The van der Waals surface area contributed by atoms with Crippen LogP contribution < -0.4 is 21.7 Å². The summed E-state index contributed by atoms with van der Waals surface area (Å²) >= 11 is 1.57. The van der Waals surface area contributed by atoms with Gasteiger partial charge in [0.1, 0.15) is 18.6 Å².